The van der Waals surface area contributed by atoms with Gasteiger partial charge in [0.15, 0.2) is 5.82 Å². The Morgan fingerprint density at radius 2 is 2.00 bits per heavy atom. The zero-order valence-electron chi connectivity index (χ0n) is 7.79. The second kappa shape index (κ2) is 4.21. The smallest absolute Gasteiger partial charge is 0.223 e. The van der Waals surface area contributed by atoms with E-state index >= 15 is 0 Å². The number of halogens is 1. The van der Waals surface area contributed by atoms with E-state index in [0.717, 1.165) is 21.6 Å². The molecule has 0 saturated heterocycles. The van der Waals surface area contributed by atoms with E-state index in [2.05, 4.69) is 25.3 Å². The van der Waals surface area contributed by atoms with Gasteiger partial charge in [-0.3, -0.25) is 0 Å². The third-order valence-corrected chi connectivity index (χ3v) is 4.47. The number of hydrogen-bond acceptors (Lipinski definition) is 5. The predicted molar refractivity (Wildman–Crippen MR) is 64.4 cm³/mol. The van der Waals surface area contributed by atoms with E-state index in [1.807, 2.05) is 18.2 Å². The fourth-order valence-electron chi connectivity index (χ4n) is 1.08. The Morgan fingerprint density at radius 1 is 1.31 bits per heavy atom. The summed E-state index contributed by atoms with van der Waals surface area (Å²) in [5.41, 5.74) is 0.730. The molecule has 0 aliphatic rings. The normalized spacial score (nSPS) is 11.6. The van der Waals surface area contributed by atoms with Crippen LogP contribution in [0, 0.1) is 0 Å². The summed E-state index contributed by atoms with van der Waals surface area (Å²) in [6.45, 7) is 0. The molecule has 5 nitrogen and oxygen atoms in total. The largest absolute Gasteiger partial charge is 0.266 e. The lowest BCUT2D eigenvalue weighted by Gasteiger charge is -1.97. The van der Waals surface area contributed by atoms with Gasteiger partial charge >= 0.3 is 0 Å². The molecule has 0 aliphatic carbocycles. The molecule has 16 heavy (non-hydrogen) atoms. The van der Waals surface area contributed by atoms with Gasteiger partial charge in [0.2, 0.25) is 4.34 Å². The Kier molecular flexibility index (Phi) is 3.06. The van der Waals surface area contributed by atoms with Crippen LogP contribution in [0.1, 0.15) is 0 Å². The van der Waals surface area contributed by atoms with Crippen molar-refractivity contribution < 1.29 is 8.42 Å². The standard InChI is InChI=1S/C8H6BrN3O2S2/c9-6-4-2-1-3-5(6)7-11-8(15-12-7)16(10,13)14/h1-4H,(H2,10,13,14). The molecule has 84 valence electrons. The van der Waals surface area contributed by atoms with Crippen LogP contribution >= 0.6 is 27.5 Å². The quantitative estimate of drug-likeness (QED) is 0.911. The molecule has 0 amide bonds. The number of nitrogens with zero attached hydrogens (tertiary/aromatic N) is 2. The van der Waals surface area contributed by atoms with E-state index in [1.54, 1.807) is 6.07 Å². The van der Waals surface area contributed by atoms with Crippen molar-refractivity contribution in [1.82, 2.24) is 9.36 Å². The molecule has 0 spiro atoms. The zero-order chi connectivity index (χ0) is 11.8. The molecule has 8 heteroatoms. The lowest BCUT2D eigenvalue weighted by Crippen LogP contribution is -2.11. The molecule has 2 aromatic rings. The van der Waals surface area contributed by atoms with E-state index in [4.69, 9.17) is 5.14 Å². The number of aromatic nitrogens is 2. The molecule has 0 saturated carbocycles. The third-order valence-electron chi connectivity index (χ3n) is 1.77. The van der Waals surface area contributed by atoms with Gasteiger partial charge in [-0.15, -0.1) is 0 Å². The molecule has 1 aromatic carbocycles. The number of hydrogen-bond donors (Lipinski definition) is 1. The molecular formula is C8H6BrN3O2S2. The van der Waals surface area contributed by atoms with Crippen molar-refractivity contribution in [3.05, 3.63) is 28.7 Å². The van der Waals surface area contributed by atoms with Crippen molar-refractivity contribution in [3.63, 3.8) is 0 Å². The number of primary sulfonamides is 1. The van der Waals surface area contributed by atoms with Gasteiger partial charge in [-0.25, -0.2) is 18.5 Å². The highest BCUT2D eigenvalue weighted by atomic mass is 79.9. The second-order valence-electron chi connectivity index (χ2n) is 2.91. The molecule has 1 heterocycles. The van der Waals surface area contributed by atoms with Gasteiger partial charge < -0.3 is 0 Å². The molecule has 0 fully saturated rings. The highest BCUT2D eigenvalue weighted by Crippen LogP contribution is 2.27. The van der Waals surface area contributed by atoms with E-state index in [-0.39, 0.29) is 4.34 Å². The zero-order valence-corrected chi connectivity index (χ0v) is 11.0. The Bertz CT molecular complexity index is 624. The van der Waals surface area contributed by atoms with E-state index in [0.29, 0.717) is 5.82 Å². The first-order chi connectivity index (χ1) is 7.48. The summed E-state index contributed by atoms with van der Waals surface area (Å²) < 4.78 is 26.6. The Hall–Kier alpha value is -0.830. The molecule has 2 rings (SSSR count). The average molecular weight is 320 g/mol. The number of benzene rings is 1. The maximum absolute atomic E-state index is 11.0. The number of sulfonamides is 1. The molecule has 0 aliphatic heterocycles. The number of rotatable bonds is 2. The Morgan fingerprint density at radius 3 is 2.56 bits per heavy atom. The minimum atomic E-state index is -3.77. The summed E-state index contributed by atoms with van der Waals surface area (Å²) in [5.74, 6) is 0.349. The molecule has 0 unspecified atom stereocenters. The summed E-state index contributed by atoms with van der Waals surface area (Å²) in [4.78, 5) is 3.88. The van der Waals surface area contributed by atoms with Crippen LogP contribution in [0.5, 0.6) is 0 Å². The summed E-state index contributed by atoms with van der Waals surface area (Å²) >= 11 is 4.10. The molecule has 0 bridgehead atoms. The summed E-state index contributed by atoms with van der Waals surface area (Å²) in [6, 6.07) is 7.28. The van der Waals surface area contributed by atoms with Gasteiger partial charge in [0.05, 0.1) is 0 Å². The van der Waals surface area contributed by atoms with Crippen LogP contribution in [-0.2, 0) is 10.0 Å². The van der Waals surface area contributed by atoms with Gasteiger partial charge in [0.1, 0.15) is 0 Å². The van der Waals surface area contributed by atoms with Crippen LogP contribution in [0.25, 0.3) is 11.4 Å². The molecule has 0 atom stereocenters. The first kappa shape index (κ1) is 11.6. The van der Waals surface area contributed by atoms with Crippen LogP contribution in [-0.4, -0.2) is 17.8 Å². The van der Waals surface area contributed by atoms with Gasteiger partial charge in [0, 0.05) is 10.0 Å². The molecular weight excluding hydrogens is 314 g/mol. The van der Waals surface area contributed by atoms with Gasteiger partial charge in [-0.05, 0) is 17.6 Å². The minimum Gasteiger partial charge on any atom is -0.223 e. The van der Waals surface area contributed by atoms with Gasteiger partial charge in [-0.1, -0.05) is 34.1 Å². The minimum absolute atomic E-state index is 0.182. The first-order valence-electron chi connectivity index (χ1n) is 4.10. The maximum atomic E-state index is 11.0. The maximum Gasteiger partial charge on any atom is 0.266 e. The Labute approximate surface area is 105 Å². The average Bonchev–Trinajstić information content (AvgIpc) is 2.66. The van der Waals surface area contributed by atoms with E-state index in [1.165, 1.54) is 0 Å². The topological polar surface area (TPSA) is 85.9 Å². The first-order valence-corrected chi connectivity index (χ1v) is 7.21. The summed E-state index contributed by atoms with van der Waals surface area (Å²) in [7, 11) is -3.77. The molecule has 1 aromatic heterocycles. The van der Waals surface area contributed by atoms with E-state index in [9.17, 15) is 8.42 Å². The fourth-order valence-corrected chi connectivity index (χ4v) is 2.71. The molecule has 2 N–H and O–H groups in total. The SMILES string of the molecule is NS(=O)(=O)c1nc(-c2ccccc2Br)ns1. The van der Waals surface area contributed by atoms with Crippen molar-refractivity contribution in [1.29, 1.82) is 0 Å². The highest BCUT2D eigenvalue weighted by Gasteiger charge is 2.16. The second-order valence-corrected chi connectivity index (χ2v) is 6.25. The molecule has 0 radical (unpaired) electrons. The van der Waals surface area contributed by atoms with Crippen molar-refractivity contribution >= 4 is 37.5 Å². The predicted octanol–water partition coefficient (Wildman–Crippen LogP) is 1.62. The summed E-state index contributed by atoms with van der Waals surface area (Å²) in [6.07, 6.45) is 0. The summed E-state index contributed by atoms with van der Waals surface area (Å²) in [5, 5.41) is 4.95. The lowest BCUT2D eigenvalue weighted by molar-refractivity contribution is 0.597. The van der Waals surface area contributed by atoms with E-state index < -0.39 is 10.0 Å². The Balaban J connectivity index is 2.52. The lowest BCUT2D eigenvalue weighted by atomic mass is 10.2. The van der Waals surface area contributed by atoms with Crippen LogP contribution in [0.4, 0.5) is 0 Å². The third kappa shape index (κ3) is 2.29. The van der Waals surface area contributed by atoms with Crippen molar-refractivity contribution in [2.24, 2.45) is 5.14 Å². The highest BCUT2D eigenvalue weighted by molar-refractivity contribution is 9.10. The van der Waals surface area contributed by atoms with Gasteiger partial charge in [-0.2, -0.15) is 4.37 Å². The van der Waals surface area contributed by atoms with Crippen LogP contribution < -0.4 is 5.14 Å². The number of nitrogens with two attached hydrogens (primary N) is 1. The van der Waals surface area contributed by atoms with Crippen molar-refractivity contribution in [2.45, 2.75) is 4.34 Å². The monoisotopic (exact) mass is 319 g/mol. The van der Waals surface area contributed by atoms with Crippen LogP contribution in [0.2, 0.25) is 0 Å². The van der Waals surface area contributed by atoms with Crippen LogP contribution in [0.3, 0.4) is 0 Å². The van der Waals surface area contributed by atoms with Gasteiger partial charge in [0.25, 0.3) is 10.0 Å². The fraction of sp³-hybridized carbons (Fsp3) is 0. The van der Waals surface area contributed by atoms with Crippen molar-refractivity contribution in [2.75, 3.05) is 0 Å². The van der Waals surface area contributed by atoms with Crippen LogP contribution in [0.15, 0.2) is 33.1 Å². The van der Waals surface area contributed by atoms with Crippen molar-refractivity contribution in [3.8, 4) is 11.4 Å².